The van der Waals surface area contributed by atoms with Crippen molar-refractivity contribution in [2.24, 2.45) is 16.8 Å². The molecule has 1 rings (SSSR count). The number of hydrogen-bond donors (Lipinski definition) is 2. The van der Waals surface area contributed by atoms with Crippen molar-refractivity contribution in [3.05, 3.63) is 23.4 Å². The number of nitrogens with zero attached hydrogens (tertiary/aromatic N) is 3. The zero-order chi connectivity index (χ0) is 16.0. The van der Waals surface area contributed by atoms with Crippen molar-refractivity contribution >= 4 is 11.7 Å². The van der Waals surface area contributed by atoms with E-state index in [1.54, 1.807) is 0 Å². The van der Waals surface area contributed by atoms with Gasteiger partial charge in [0, 0.05) is 23.8 Å². The molecule has 1 heterocycles. The molecule has 0 saturated heterocycles. The van der Waals surface area contributed by atoms with Gasteiger partial charge in [-0.05, 0) is 37.8 Å². The van der Waals surface area contributed by atoms with E-state index in [1.807, 2.05) is 19.1 Å². The molecule has 5 nitrogen and oxygen atoms in total. The summed E-state index contributed by atoms with van der Waals surface area (Å²) >= 11 is 0. The Morgan fingerprint density at radius 2 is 1.95 bits per heavy atom. The molecule has 0 aliphatic heterocycles. The first-order valence-corrected chi connectivity index (χ1v) is 7.66. The van der Waals surface area contributed by atoms with Gasteiger partial charge in [0.25, 0.3) is 0 Å². The minimum atomic E-state index is 0.121. The zero-order valence-corrected chi connectivity index (χ0v) is 13.8. The van der Waals surface area contributed by atoms with Crippen molar-refractivity contribution in [3.8, 4) is 0 Å². The number of oxime groups is 1. The van der Waals surface area contributed by atoms with E-state index < -0.39 is 0 Å². The highest BCUT2D eigenvalue weighted by atomic mass is 16.4. The van der Waals surface area contributed by atoms with Gasteiger partial charge in [0.2, 0.25) is 0 Å². The molecule has 1 aromatic heterocycles. The standard InChI is InChI=1S/C16H28N4O/c1-6-14(7-2)20(10-11(3)4)15-9-13(16(17)19-21)8-12(5)18-15/h8-9,11,14,21H,6-7,10H2,1-5H3,(H2,17,19). The number of hydrogen-bond acceptors (Lipinski definition) is 4. The SMILES string of the molecule is CCC(CC)N(CC(C)C)c1cc(/C(N)=N/O)cc(C)n1. The maximum absolute atomic E-state index is 8.88. The van der Waals surface area contributed by atoms with E-state index in [0.29, 0.717) is 17.5 Å². The molecule has 118 valence electrons. The van der Waals surface area contributed by atoms with Crippen LogP contribution < -0.4 is 10.6 Å². The van der Waals surface area contributed by atoms with Gasteiger partial charge in [-0.1, -0.05) is 32.9 Å². The summed E-state index contributed by atoms with van der Waals surface area (Å²) in [4.78, 5) is 6.99. The molecule has 0 aliphatic rings. The van der Waals surface area contributed by atoms with Crippen LogP contribution >= 0.6 is 0 Å². The molecule has 0 amide bonds. The molecule has 0 bridgehead atoms. The second-order valence-corrected chi connectivity index (χ2v) is 5.86. The summed E-state index contributed by atoms with van der Waals surface area (Å²) in [6.07, 6.45) is 2.13. The van der Waals surface area contributed by atoms with Crippen LogP contribution in [0.15, 0.2) is 17.3 Å². The van der Waals surface area contributed by atoms with E-state index in [4.69, 9.17) is 10.9 Å². The average Bonchev–Trinajstić information content (AvgIpc) is 2.45. The minimum absolute atomic E-state index is 0.121. The van der Waals surface area contributed by atoms with Crippen molar-refractivity contribution in [3.63, 3.8) is 0 Å². The zero-order valence-electron chi connectivity index (χ0n) is 13.8. The van der Waals surface area contributed by atoms with E-state index in [0.717, 1.165) is 30.9 Å². The molecule has 21 heavy (non-hydrogen) atoms. The van der Waals surface area contributed by atoms with Crippen molar-refractivity contribution < 1.29 is 5.21 Å². The summed E-state index contributed by atoms with van der Waals surface area (Å²) < 4.78 is 0. The average molecular weight is 292 g/mol. The highest BCUT2D eigenvalue weighted by Crippen LogP contribution is 2.22. The van der Waals surface area contributed by atoms with Gasteiger partial charge in [0.1, 0.15) is 5.82 Å². The molecule has 3 N–H and O–H groups in total. The van der Waals surface area contributed by atoms with Crippen LogP contribution in [0.1, 0.15) is 51.8 Å². The predicted molar refractivity (Wildman–Crippen MR) is 88.0 cm³/mol. The van der Waals surface area contributed by atoms with E-state index in [1.165, 1.54) is 0 Å². The van der Waals surface area contributed by atoms with E-state index in [-0.39, 0.29) is 5.84 Å². The van der Waals surface area contributed by atoms with Crippen molar-refractivity contribution in [1.82, 2.24) is 4.98 Å². The molecule has 1 aromatic rings. The molecule has 0 unspecified atom stereocenters. The number of nitrogens with two attached hydrogens (primary N) is 1. The second kappa shape index (κ2) is 7.86. The third-order valence-electron chi connectivity index (χ3n) is 3.58. The topological polar surface area (TPSA) is 74.7 Å². The van der Waals surface area contributed by atoms with Crippen molar-refractivity contribution in [2.45, 2.75) is 53.5 Å². The molecule has 0 spiro atoms. The summed E-state index contributed by atoms with van der Waals surface area (Å²) in [5, 5.41) is 12.0. The number of pyridine rings is 1. The molecule has 0 fully saturated rings. The van der Waals surface area contributed by atoms with E-state index in [9.17, 15) is 0 Å². The Morgan fingerprint density at radius 3 is 2.43 bits per heavy atom. The second-order valence-electron chi connectivity index (χ2n) is 5.86. The Hall–Kier alpha value is -1.78. The van der Waals surface area contributed by atoms with Crippen LogP contribution in [0.5, 0.6) is 0 Å². The maximum Gasteiger partial charge on any atom is 0.170 e. The summed E-state index contributed by atoms with van der Waals surface area (Å²) in [5.74, 6) is 1.56. The van der Waals surface area contributed by atoms with Gasteiger partial charge in [0.05, 0.1) is 0 Å². The normalized spacial score (nSPS) is 12.2. The van der Waals surface area contributed by atoms with Crippen LogP contribution in [0.3, 0.4) is 0 Å². The van der Waals surface area contributed by atoms with Gasteiger partial charge >= 0.3 is 0 Å². The first-order valence-electron chi connectivity index (χ1n) is 7.66. The smallest absolute Gasteiger partial charge is 0.170 e. The Bertz CT molecular complexity index is 481. The Balaban J connectivity index is 3.26. The maximum atomic E-state index is 8.88. The predicted octanol–water partition coefficient (Wildman–Crippen LogP) is 3.14. The third kappa shape index (κ3) is 4.62. The Kier molecular flexibility index (Phi) is 6.46. The lowest BCUT2D eigenvalue weighted by Gasteiger charge is -2.33. The number of rotatable bonds is 7. The summed E-state index contributed by atoms with van der Waals surface area (Å²) in [6, 6.07) is 4.18. The fraction of sp³-hybridized carbons (Fsp3) is 0.625. The van der Waals surface area contributed by atoms with Crippen LogP contribution in [0.4, 0.5) is 5.82 Å². The lowest BCUT2D eigenvalue weighted by atomic mass is 10.1. The fourth-order valence-electron chi connectivity index (χ4n) is 2.56. The molecule has 0 aliphatic carbocycles. The largest absolute Gasteiger partial charge is 0.409 e. The van der Waals surface area contributed by atoms with Gasteiger partial charge in [-0.15, -0.1) is 0 Å². The lowest BCUT2D eigenvalue weighted by molar-refractivity contribution is 0.318. The van der Waals surface area contributed by atoms with Gasteiger partial charge in [-0.2, -0.15) is 0 Å². The van der Waals surface area contributed by atoms with E-state index in [2.05, 4.69) is 42.7 Å². The minimum Gasteiger partial charge on any atom is -0.409 e. The number of anilines is 1. The van der Waals surface area contributed by atoms with Crippen LogP contribution in [-0.4, -0.2) is 28.6 Å². The molecule has 0 radical (unpaired) electrons. The van der Waals surface area contributed by atoms with Gasteiger partial charge in [0.15, 0.2) is 5.84 Å². The lowest BCUT2D eigenvalue weighted by Crippen LogP contribution is -2.38. The summed E-state index contributed by atoms with van der Waals surface area (Å²) in [6.45, 7) is 11.7. The molecular weight excluding hydrogens is 264 g/mol. The van der Waals surface area contributed by atoms with Crippen LogP contribution in [-0.2, 0) is 0 Å². The van der Waals surface area contributed by atoms with E-state index >= 15 is 0 Å². The van der Waals surface area contributed by atoms with Crippen molar-refractivity contribution in [1.29, 1.82) is 0 Å². The highest BCUT2D eigenvalue weighted by molar-refractivity contribution is 5.97. The van der Waals surface area contributed by atoms with Crippen LogP contribution in [0, 0.1) is 12.8 Å². The monoisotopic (exact) mass is 292 g/mol. The Morgan fingerprint density at radius 1 is 1.33 bits per heavy atom. The Labute approximate surface area is 127 Å². The summed E-state index contributed by atoms with van der Waals surface area (Å²) in [5.41, 5.74) is 7.31. The fourth-order valence-corrected chi connectivity index (χ4v) is 2.56. The molecule has 0 aromatic carbocycles. The first kappa shape index (κ1) is 17.3. The number of amidine groups is 1. The molecular formula is C16H28N4O. The molecule has 0 atom stereocenters. The third-order valence-corrected chi connectivity index (χ3v) is 3.58. The van der Waals surface area contributed by atoms with Crippen LogP contribution in [0.25, 0.3) is 0 Å². The first-order chi connectivity index (χ1) is 9.92. The molecule has 5 heteroatoms. The quantitative estimate of drug-likeness (QED) is 0.350. The van der Waals surface area contributed by atoms with Crippen molar-refractivity contribution in [2.75, 3.05) is 11.4 Å². The van der Waals surface area contributed by atoms with Gasteiger partial charge < -0.3 is 15.8 Å². The molecule has 0 saturated carbocycles. The van der Waals surface area contributed by atoms with Gasteiger partial charge in [-0.3, -0.25) is 0 Å². The highest BCUT2D eigenvalue weighted by Gasteiger charge is 2.19. The number of aromatic nitrogens is 1. The van der Waals surface area contributed by atoms with Gasteiger partial charge in [-0.25, -0.2) is 4.98 Å². The summed E-state index contributed by atoms with van der Waals surface area (Å²) in [7, 11) is 0. The number of aryl methyl sites for hydroxylation is 1. The van der Waals surface area contributed by atoms with Crippen LogP contribution in [0.2, 0.25) is 0 Å².